The topological polar surface area (TPSA) is 55.8 Å². The summed E-state index contributed by atoms with van der Waals surface area (Å²) in [6.45, 7) is 6.29. The Hall–Kier alpha value is -0.810. The Morgan fingerprint density at radius 1 is 1.43 bits per heavy atom. The Kier molecular flexibility index (Phi) is 2.60. The highest BCUT2D eigenvalue weighted by molar-refractivity contribution is 5.65. The Morgan fingerprint density at radius 2 is 2.21 bits per heavy atom. The average Bonchev–Trinajstić information content (AvgIpc) is 2.17. The monoisotopic (exact) mass is 199 g/mol. The average molecular weight is 199 g/mol. The number of piperazine rings is 2. The van der Waals surface area contributed by atoms with Crippen LogP contribution in [0.4, 0.5) is 4.79 Å². The highest BCUT2D eigenvalue weighted by Crippen LogP contribution is 2.15. The zero-order valence-electron chi connectivity index (χ0n) is 8.44. The lowest BCUT2D eigenvalue weighted by Gasteiger charge is -2.46. The number of amides is 1. The first-order chi connectivity index (χ1) is 6.68. The molecule has 0 saturated carbocycles. The number of nitrogens with zero attached hydrogens (tertiary/aromatic N) is 2. The van der Waals surface area contributed by atoms with E-state index in [0.717, 1.165) is 19.6 Å². The highest BCUT2D eigenvalue weighted by atomic mass is 16.4. The summed E-state index contributed by atoms with van der Waals surface area (Å²) in [4.78, 5) is 14.7. The molecule has 5 heteroatoms. The standard InChI is InChI=1S/C9H17N3O2/c1-7-4-10-5-8-6-11(9(13)14)2-3-12(7)8/h7-8,10H,2-6H2,1H3,(H,13,14)/t7-,8-/m1/s1. The molecule has 2 aliphatic heterocycles. The number of fused-ring (bicyclic) bond motifs is 1. The summed E-state index contributed by atoms with van der Waals surface area (Å²) >= 11 is 0. The molecule has 0 aromatic rings. The van der Waals surface area contributed by atoms with Gasteiger partial charge in [-0.1, -0.05) is 0 Å². The quantitative estimate of drug-likeness (QED) is 0.559. The molecule has 5 nitrogen and oxygen atoms in total. The van der Waals surface area contributed by atoms with Gasteiger partial charge in [-0.15, -0.1) is 0 Å². The summed E-state index contributed by atoms with van der Waals surface area (Å²) in [7, 11) is 0. The van der Waals surface area contributed by atoms with E-state index < -0.39 is 6.09 Å². The maximum absolute atomic E-state index is 10.8. The third-order valence-corrected chi connectivity index (χ3v) is 3.18. The van der Waals surface area contributed by atoms with Crippen LogP contribution in [0.1, 0.15) is 6.92 Å². The van der Waals surface area contributed by atoms with Gasteiger partial charge in [-0.3, -0.25) is 4.90 Å². The van der Waals surface area contributed by atoms with Gasteiger partial charge < -0.3 is 15.3 Å². The number of hydrogen-bond donors (Lipinski definition) is 2. The second-order valence-corrected chi connectivity index (χ2v) is 4.13. The molecule has 0 aliphatic carbocycles. The smallest absolute Gasteiger partial charge is 0.407 e. The van der Waals surface area contributed by atoms with Crippen LogP contribution in [-0.4, -0.2) is 65.8 Å². The first kappa shape index (κ1) is 9.73. The minimum Gasteiger partial charge on any atom is -0.465 e. The maximum Gasteiger partial charge on any atom is 0.407 e. The summed E-state index contributed by atoms with van der Waals surface area (Å²) < 4.78 is 0. The largest absolute Gasteiger partial charge is 0.465 e. The molecule has 0 spiro atoms. The Labute approximate surface area is 83.7 Å². The van der Waals surface area contributed by atoms with Gasteiger partial charge in [-0.2, -0.15) is 0 Å². The molecule has 2 heterocycles. The molecule has 0 radical (unpaired) electrons. The summed E-state index contributed by atoms with van der Waals surface area (Å²) in [6, 6.07) is 0.897. The van der Waals surface area contributed by atoms with E-state index in [2.05, 4.69) is 17.1 Å². The highest BCUT2D eigenvalue weighted by Gasteiger charge is 2.34. The van der Waals surface area contributed by atoms with E-state index in [1.165, 1.54) is 4.90 Å². The molecule has 80 valence electrons. The van der Waals surface area contributed by atoms with Crippen LogP contribution in [0.3, 0.4) is 0 Å². The SMILES string of the molecule is C[C@@H]1CNC[C@@H]2CN(C(=O)O)CCN21. The van der Waals surface area contributed by atoms with E-state index in [9.17, 15) is 4.79 Å². The lowest BCUT2D eigenvalue weighted by molar-refractivity contribution is 0.0287. The minimum absolute atomic E-state index is 0.364. The molecule has 0 unspecified atom stereocenters. The number of carbonyl (C=O) groups is 1. The van der Waals surface area contributed by atoms with Gasteiger partial charge in [0.2, 0.25) is 0 Å². The van der Waals surface area contributed by atoms with Crippen LogP contribution in [0.15, 0.2) is 0 Å². The van der Waals surface area contributed by atoms with E-state index in [1.807, 2.05) is 0 Å². The van der Waals surface area contributed by atoms with Gasteiger partial charge >= 0.3 is 6.09 Å². The number of carboxylic acid groups (broad SMARTS) is 1. The van der Waals surface area contributed by atoms with Crippen molar-refractivity contribution in [1.82, 2.24) is 15.1 Å². The molecule has 2 atom stereocenters. The van der Waals surface area contributed by atoms with Crippen molar-refractivity contribution >= 4 is 6.09 Å². The van der Waals surface area contributed by atoms with Crippen LogP contribution in [-0.2, 0) is 0 Å². The Morgan fingerprint density at radius 3 is 2.93 bits per heavy atom. The van der Waals surface area contributed by atoms with E-state index in [4.69, 9.17) is 5.11 Å². The molecule has 0 aromatic heterocycles. The summed E-state index contributed by atoms with van der Waals surface area (Å²) in [6.07, 6.45) is -0.789. The van der Waals surface area contributed by atoms with Crippen LogP contribution < -0.4 is 5.32 Å². The molecule has 2 saturated heterocycles. The van der Waals surface area contributed by atoms with E-state index in [1.54, 1.807) is 0 Å². The fourth-order valence-corrected chi connectivity index (χ4v) is 2.38. The Bertz CT molecular complexity index is 234. The first-order valence-corrected chi connectivity index (χ1v) is 5.13. The maximum atomic E-state index is 10.8. The molecule has 2 aliphatic rings. The molecule has 0 aromatic carbocycles. The van der Waals surface area contributed by atoms with Gasteiger partial charge in [0.15, 0.2) is 0 Å². The normalized spacial score (nSPS) is 33.9. The van der Waals surface area contributed by atoms with Crippen molar-refractivity contribution in [2.75, 3.05) is 32.7 Å². The van der Waals surface area contributed by atoms with Gasteiger partial charge in [-0.25, -0.2) is 4.79 Å². The van der Waals surface area contributed by atoms with Gasteiger partial charge in [0.1, 0.15) is 0 Å². The first-order valence-electron chi connectivity index (χ1n) is 5.13. The molecule has 14 heavy (non-hydrogen) atoms. The fourth-order valence-electron chi connectivity index (χ4n) is 2.38. The minimum atomic E-state index is -0.789. The van der Waals surface area contributed by atoms with Crippen molar-refractivity contribution in [3.8, 4) is 0 Å². The molecule has 2 rings (SSSR count). The summed E-state index contributed by atoms with van der Waals surface area (Å²) in [5.41, 5.74) is 0. The zero-order valence-corrected chi connectivity index (χ0v) is 8.44. The van der Waals surface area contributed by atoms with Crippen LogP contribution in [0.25, 0.3) is 0 Å². The Balaban J connectivity index is 1.99. The van der Waals surface area contributed by atoms with Crippen LogP contribution in [0, 0.1) is 0 Å². The van der Waals surface area contributed by atoms with Crippen molar-refractivity contribution in [2.24, 2.45) is 0 Å². The molecular formula is C9H17N3O2. The van der Waals surface area contributed by atoms with Gasteiger partial charge in [0.05, 0.1) is 0 Å². The third-order valence-electron chi connectivity index (χ3n) is 3.18. The lowest BCUT2D eigenvalue weighted by Crippen LogP contribution is -2.64. The number of hydrogen-bond acceptors (Lipinski definition) is 3. The van der Waals surface area contributed by atoms with Crippen molar-refractivity contribution in [1.29, 1.82) is 0 Å². The molecule has 2 N–H and O–H groups in total. The van der Waals surface area contributed by atoms with Crippen LogP contribution in [0.5, 0.6) is 0 Å². The van der Waals surface area contributed by atoms with Crippen molar-refractivity contribution in [3.63, 3.8) is 0 Å². The van der Waals surface area contributed by atoms with Crippen molar-refractivity contribution in [2.45, 2.75) is 19.0 Å². The number of rotatable bonds is 0. The van der Waals surface area contributed by atoms with Crippen molar-refractivity contribution < 1.29 is 9.90 Å². The fraction of sp³-hybridized carbons (Fsp3) is 0.889. The summed E-state index contributed by atoms with van der Waals surface area (Å²) in [5, 5.41) is 12.2. The van der Waals surface area contributed by atoms with E-state index >= 15 is 0 Å². The molecule has 1 amide bonds. The lowest BCUT2D eigenvalue weighted by atomic mass is 10.1. The molecule has 2 fully saturated rings. The molecular weight excluding hydrogens is 182 g/mol. The van der Waals surface area contributed by atoms with Crippen LogP contribution >= 0.6 is 0 Å². The third kappa shape index (κ3) is 1.69. The van der Waals surface area contributed by atoms with Crippen molar-refractivity contribution in [3.05, 3.63) is 0 Å². The predicted molar refractivity (Wildman–Crippen MR) is 52.4 cm³/mol. The van der Waals surface area contributed by atoms with Gasteiger partial charge in [0.25, 0.3) is 0 Å². The summed E-state index contributed by atoms with van der Waals surface area (Å²) in [5.74, 6) is 0. The second-order valence-electron chi connectivity index (χ2n) is 4.13. The van der Waals surface area contributed by atoms with E-state index in [0.29, 0.717) is 25.2 Å². The van der Waals surface area contributed by atoms with Crippen LogP contribution in [0.2, 0.25) is 0 Å². The number of nitrogens with one attached hydrogen (secondary N) is 1. The van der Waals surface area contributed by atoms with Gasteiger partial charge in [0, 0.05) is 44.8 Å². The second kappa shape index (κ2) is 3.74. The predicted octanol–water partition coefficient (Wildman–Crippen LogP) is -0.358. The zero-order chi connectivity index (χ0) is 10.1. The van der Waals surface area contributed by atoms with E-state index in [-0.39, 0.29) is 0 Å². The van der Waals surface area contributed by atoms with Gasteiger partial charge in [-0.05, 0) is 6.92 Å². The molecule has 0 bridgehead atoms.